The molecule has 0 amide bonds. The molecule has 0 aromatic heterocycles. The summed E-state index contributed by atoms with van der Waals surface area (Å²) in [5, 5.41) is 3.45. The molecular formula is C16H28N2O. The Kier molecular flexibility index (Phi) is 6.00. The molecule has 0 bridgehead atoms. The highest BCUT2D eigenvalue weighted by Gasteiger charge is 2.17. The van der Waals surface area contributed by atoms with E-state index in [0.717, 1.165) is 23.7 Å². The number of nitrogens with one attached hydrogen (secondary N) is 1. The first-order chi connectivity index (χ1) is 8.98. The molecule has 3 N–H and O–H groups in total. The van der Waals surface area contributed by atoms with E-state index in [0.29, 0.717) is 0 Å². The van der Waals surface area contributed by atoms with Crippen molar-refractivity contribution in [2.75, 3.05) is 24.7 Å². The highest BCUT2D eigenvalue weighted by Crippen LogP contribution is 2.28. The predicted molar refractivity (Wildman–Crippen MR) is 83.8 cm³/mol. The van der Waals surface area contributed by atoms with Gasteiger partial charge < -0.3 is 15.8 Å². The minimum Gasteiger partial charge on any atom is -0.497 e. The van der Waals surface area contributed by atoms with Crippen molar-refractivity contribution in [2.24, 2.45) is 5.41 Å². The lowest BCUT2D eigenvalue weighted by Crippen LogP contribution is -2.23. The molecule has 19 heavy (non-hydrogen) atoms. The quantitative estimate of drug-likeness (QED) is 0.543. The molecular weight excluding hydrogens is 236 g/mol. The highest BCUT2D eigenvalue weighted by molar-refractivity contribution is 5.68. The Labute approximate surface area is 117 Å². The van der Waals surface area contributed by atoms with Gasteiger partial charge in [-0.2, -0.15) is 0 Å². The Morgan fingerprint density at radius 2 is 2.00 bits per heavy atom. The van der Waals surface area contributed by atoms with Gasteiger partial charge in [-0.05, 0) is 24.0 Å². The van der Waals surface area contributed by atoms with Crippen molar-refractivity contribution in [3.8, 4) is 5.75 Å². The van der Waals surface area contributed by atoms with E-state index < -0.39 is 0 Å². The van der Waals surface area contributed by atoms with Crippen LogP contribution in [0.3, 0.4) is 0 Å². The van der Waals surface area contributed by atoms with E-state index in [9.17, 15) is 0 Å². The molecule has 108 valence electrons. The first-order valence-corrected chi connectivity index (χ1v) is 7.16. The number of nitrogen functional groups attached to an aromatic ring is 1. The maximum Gasteiger partial charge on any atom is 0.121 e. The van der Waals surface area contributed by atoms with E-state index in [1.54, 1.807) is 7.11 Å². The van der Waals surface area contributed by atoms with E-state index >= 15 is 0 Å². The van der Waals surface area contributed by atoms with E-state index in [1.165, 1.54) is 25.7 Å². The summed E-state index contributed by atoms with van der Waals surface area (Å²) in [6.07, 6.45) is 5.10. The van der Waals surface area contributed by atoms with Gasteiger partial charge in [0.2, 0.25) is 0 Å². The van der Waals surface area contributed by atoms with Crippen LogP contribution in [0.25, 0.3) is 0 Å². The third kappa shape index (κ3) is 5.41. The molecule has 0 unspecified atom stereocenters. The fraction of sp³-hybridized carbons (Fsp3) is 0.625. The summed E-state index contributed by atoms with van der Waals surface area (Å²) in [6, 6.07) is 5.72. The van der Waals surface area contributed by atoms with Crippen LogP contribution in [0.15, 0.2) is 18.2 Å². The molecule has 1 aromatic rings. The summed E-state index contributed by atoms with van der Waals surface area (Å²) in [5.41, 5.74) is 7.99. The van der Waals surface area contributed by atoms with Crippen molar-refractivity contribution >= 4 is 11.4 Å². The van der Waals surface area contributed by atoms with Crippen LogP contribution in [0.5, 0.6) is 5.75 Å². The number of hydrogen-bond acceptors (Lipinski definition) is 3. The predicted octanol–water partition coefficient (Wildman–Crippen LogP) is 4.30. The Hall–Kier alpha value is -1.38. The van der Waals surface area contributed by atoms with Crippen LogP contribution in [-0.2, 0) is 0 Å². The molecule has 3 heteroatoms. The summed E-state index contributed by atoms with van der Waals surface area (Å²) in [7, 11) is 1.67. The summed E-state index contributed by atoms with van der Waals surface area (Å²) in [5.74, 6) is 0.834. The molecule has 0 aliphatic rings. The number of rotatable bonds is 8. The molecule has 0 atom stereocenters. The maximum absolute atomic E-state index is 5.98. The third-order valence-corrected chi connectivity index (χ3v) is 3.47. The van der Waals surface area contributed by atoms with Crippen LogP contribution in [0.4, 0.5) is 11.4 Å². The molecule has 0 aliphatic heterocycles. The number of benzene rings is 1. The SMILES string of the molecule is CCCCCC(C)(C)CNc1cc(OC)ccc1N. The number of ether oxygens (including phenoxy) is 1. The Morgan fingerprint density at radius 1 is 1.26 bits per heavy atom. The second-order valence-corrected chi connectivity index (χ2v) is 5.93. The molecule has 0 saturated heterocycles. The molecule has 3 nitrogen and oxygen atoms in total. The van der Waals surface area contributed by atoms with Gasteiger partial charge in [-0.3, -0.25) is 0 Å². The van der Waals surface area contributed by atoms with Crippen molar-refractivity contribution in [3.05, 3.63) is 18.2 Å². The standard InChI is InChI=1S/C16H28N2O/c1-5-6-7-10-16(2,3)12-18-15-11-13(19-4)8-9-14(15)17/h8-9,11,18H,5-7,10,12,17H2,1-4H3. The van der Waals surface area contributed by atoms with Crippen LogP contribution >= 0.6 is 0 Å². The smallest absolute Gasteiger partial charge is 0.121 e. The van der Waals surface area contributed by atoms with Crippen LogP contribution in [0.2, 0.25) is 0 Å². The van der Waals surface area contributed by atoms with Gasteiger partial charge in [0.15, 0.2) is 0 Å². The maximum atomic E-state index is 5.98. The topological polar surface area (TPSA) is 47.3 Å². The highest BCUT2D eigenvalue weighted by atomic mass is 16.5. The lowest BCUT2D eigenvalue weighted by Gasteiger charge is -2.26. The van der Waals surface area contributed by atoms with Crippen molar-refractivity contribution in [2.45, 2.75) is 46.5 Å². The lowest BCUT2D eigenvalue weighted by atomic mass is 9.87. The van der Waals surface area contributed by atoms with Gasteiger partial charge in [0.25, 0.3) is 0 Å². The monoisotopic (exact) mass is 264 g/mol. The van der Waals surface area contributed by atoms with Crippen LogP contribution in [-0.4, -0.2) is 13.7 Å². The minimum absolute atomic E-state index is 0.282. The molecule has 1 rings (SSSR count). The Balaban J connectivity index is 2.55. The average molecular weight is 264 g/mol. The zero-order chi connectivity index (χ0) is 14.3. The average Bonchev–Trinajstić information content (AvgIpc) is 2.38. The van der Waals surface area contributed by atoms with Crippen LogP contribution < -0.4 is 15.8 Å². The summed E-state index contributed by atoms with van der Waals surface area (Å²) >= 11 is 0. The Bertz CT molecular complexity index is 388. The summed E-state index contributed by atoms with van der Waals surface area (Å²) in [4.78, 5) is 0. The van der Waals surface area contributed by atoms with Gasteiger partial charge in [-0.15, -0.1) is 0 Å². The summed E-state index contributed by atoms with van der Waals surface area (Å²) < 4.78 is 5.23. The number of hydrogen-bond donors (Lipinski definition) is 2. The van der Waals surface area contributed by atoms with Gasteiger partial charge in [0.1, 0.15) is 5.75 Å². The Morgan fingerprint density at radius 3 is 2.63 bits per heavy atom. The molecule has 0 fully saturated rings. The normalized spacial score (nSPS) is 11.4. The van der Waals surface area contributed by atoms with Gasteiger partial charge in [-0.25, -0.2) is 0 Å². The summed E-state index contributed by atoms with van der Waals surface area (Å²) in [6.45, 7) is 7.76. The van der Waals surface area contributed by atoms with Gasteiger partial charge in [0.05, 0.1) is 18.5 Å². The number of anilines is 2. The zero-order valence-electron chi connectivity index (χ0n) is 12.8. The molecule has 1 aromatic carbocycles. The van der Waals surface area contributed by atoms with Crippen molar-refractivity contribution in [1.29, 1.82) is 0 Å². The zero-order valence-corrected chi connectivity index (χ0v) is 12.8. The number of unbranched alkanes of at least 4 members (excludes halogenated alkanes) is 2. The van der Waals surface area contributed by atoms with Crippen molar-refractivity contribution in [1.82, 2.24) is 0 Å². The van der Waals surface area contributed by atoms with E-state index in [-0.39, 0.29) is 5.41 Å². The van der Waals surface area contributed by atoms with Crippen molar-refractivity contribution < 1.29 is 4.74 Å². The molecule has 0 spiro atoms. The van der Waals surface area contributed by atoms with Crippen molar-refractivity contribution in [3.63, 3.8) is 0 Å². The van der Waals surface area contributed by atoms with Gasteiger partial charge >= 0.3 is 0 Å². The fourth-order valence-corrected chi connectivity index (χ4v) is 2.09. The second-order valence-electron chi connectivity index (χ2n) is 5.93. The molecule has 0 saturated carbocycles. The molecule has 0 radical (unpaired) electrons. The van der Waals surface area contributed by atoms with Crippen LogP contribution in [0, 0.1) is 5.41 Å². The third-order valence-electron chi connectivity index (χ3n) is 3.47. The van der Waals surface area contributed by atoms with Gasteiger partial charge in [-0.1, -0.05) is 40.0 Å². The lowest BCUT2D eigenvalue weighted by molar-refractivity contribution is 0.342. The first kappa shape index (κ1) is 15.7. The number of nitrogens with two attached hydrogens (primary N) is 1. The second kappa shape index (κ2) is 7.27. The molecule has 0 aliphatic carbocycles. The number of methoxy groups -OCH3 is 1. The first-order valence-electron chi connectivity index (χ1n) is 7.16. The molecule has 0 heterocycles. The van der Waals surface area contributed by atoms with E-state index in [4.69, 9.17) is 10.5 Å². The van der Waals surface area contributed by atoms with Gasteiger partial charge in [0, 0.05) is 12.6 Å². The largest absolute Gasteiger partial charge is 0.497 e. The van der Waals surface area contributed by atoms with Crippen LogP contribution in [0.1, 0.15) is 46.5 Å². The fourth-order valence-electron chi connectivity index (χ4n) is 2.09. The minimum atomic E-state index is 0.282. The van der Waals surface area contributed by atoms with E-state index in [2.05, 4.69) is 26.1 Å². The van der Waals surface area contributed by atoms with E-state index in [1.807, 2.05) is 18.2 Å².